The third kappa shape index (κ3) is 4.75. The van der Waals surface area contributed by atoms with Gasteiger partial charge >= 0.3 is 0 Å². The Labute approximate surface area is 167 Å². The summed E-state index contributed by atoms with van der Waals surface area (Å²) in [6.07, 6.45) is 3.13. The summed E-state index contributed by atoms with van der Waals surface area (Å²) in [4.78, 5) is 0.318. The molecule has 0 spiro atoms. The van der Waals surface area contributed by atoms with Crippen molar-refractivity contribution in [2.24, 2.45) is 0 Å². The van der Waals surface area contributed by atoms with Gasteiger partial charge in [-0.15, -0.1) is 0 Å². The average Bonchev–Trinajstić information content (AvgIpc) is 3.20. The van der Waals surface area contributed by atoms with Crippen LogP contribution in [0.25, 0.3) is 0 Å². The van der Waals surface area contributed by atoms with Crippen molar-refractivity contribution in [1.29, 1.82) is 0 Å². The molecule has 0 bridgehead atoms. The molecule has 6 heteroatoms. The van der Waals surface area contributed by atoms with Crippen molar-refractivity contribution in [3.8, 4) is 0 Å². The van der Waals surface area contributed by atoms with E-state index in [1.807, 2.05) is 49.4 Å². The number of thiocarbonyl (C=S) groups is 1. The molecule has 1 atom stereocenters. The molecule has 4 nitrogen and oxygen atoms in total. The first-order valence-corrected chi connectivity index (χ1v) is 11.2. The summed E-state index contributed by atoms with van der Waals surface area (Å²) in [6, 6.07) is 16.8. The van der Waals surface area contributed by atoms with Gasteiger partial charge in [0.15, 0.2) is 5.05 Å². The standard InChI is InChI=1S/C21H25NO3S2/c1-2-17-10-12-19(13-11-17)27(23,24)22-15-6-9-20(22)21(26)25-16-14-18-7-4-3-5-8-18/h3-5,7-8,10-13,20H,2,6,9,14-16H2,1H3/t20-/m0/s1. The molecule has 0 N–H and O–H groups in total. The summed E-state index contributed by atoms with van der Waals surface area (Å²) in [6.45, 7) is 2.98. The zero-order valence-electron chi connectivity index (χ0n) is 15.5. The molecule has 3 rings (SSSR count). The van der Waals surface area contributed by atoms with Crippen LogP contribution in [0.4, 0.5) is 0 Å². The molecule has 1 fully saturated rings. The van der Waals surface area contributed by atoms with E-state index in [1.165, 1.54) is 9.87 Å². The lowest BCUT2D eigenvalue weighted by atomic mass is 10.2. The highest BCUT2D eigenvalue weighted by atomic mass is 32.2. The summed E-state index contributed by atoms with van der Waals surface area (Å²) >= 11 is 5.44. The fraction of sp³-hybridized carbons (Fsp3) is 0.381. The Morgan fingerprint density at radius 1 is 1.11 bits per heavy atom. The summed E-state index contributed by atoms with van der Waals surface area (Å²) in [7, 11) is -3.57. The third-order valence-corrected chi connectivity index (χ3v) is 7.20. The fourth-order valence-electron chi connectivity index (χ4n) is 3.31. The van der Waals surface area contributed by atoms with Gasteiger partial charge in [-0.3, -0.25) is 0 Å². The van der Waals surface area contributed by atoms with Gasteiger partial charge in [-0.1, -0.05) is 49.4 Å². The highest BCUT2D eigenvalue weighted by Crippen LogP contribution is 2.27. The van der Waals surface area contributed by atoms with Crippen molar-refractivity contribution < 1.29 is 13.2 Å². The minimum Gasteiger partial charge on any atom is -0.485 e. The number of hydrogen-bond donors (Lipinski definition) is 0. The van der Waals surface area contributed by atoms with E-state index in [9.17, 15) is 8.42 Å². The van der Waals surface area contributed by atoms with Crippen molar-refractivity contribution in [3.63, 3.8) is 0 Å². The van der Waals surface area contributed by atoms with E-state index in [0.717, 1.165) is 24.8 Å². The molecule has 27 heavy (non-hydrogen) atoms. The van der Waals surface area contributed by atoms with Gasteiger partial charge in [-0.2, -0.15) is 4.31 Å². The van der Waals surface area contributed by atoms with Gasteiger partial charge in [-0.25, -0.2) is 8.42 Å². The van der Waals surface area contributed by atoms with Gasteiger partial charge in [0.05, 0.1) is 17.5 Å². The van der Waals surface area contributed by atoms with Gasteiger partial charge in [0.2, 0.25) is 10.0 Å². The Balaban J connectivity index is 1.65. The van der Waals surface area contributed by atoms with Crippen molar-refractivity contribution >= 4 is 27.3 Å². The van der Waals surface area contributed by atoms with Gasteiger partial charge in [0, 0.05) is 13.0 Å². The van der Waals surface area contributed by atoms with Crippen LogP contribution in [0.2, 0.25) is 0 Å². The van der Waals surface area contributed by atoms with Crippen molar-refractivity contribution in [2.45, 2.75) is 43.5 Å². The van der Waals surface area contributed by atoms with Crippen LogP contribution in [0.3, 0.4) is 0 Å². The molecule has 144 valence electrons. The quantitative estimate of drug-likeness (QED) is 0.656. The molecule has 1 aliphatic heterocycles. The number of ether oxygens (including phenoxy) is 1. The maximum absolute atomic E-state index is 13.1. The van der Waals surface area contributed by atoms with Gasteiger partial charge in [-0.05, 0) is 54.7 Å². The van der Waals surface area contributed by atoms with Crippen molar-refractivity contribution in [2.75, 3.05) is 13.2 Å². The zero-order valence-corrected chi connectivity index (χ0v) is 17.1. The topological polar surface area (TPSA) is 46.6 Å². The minimum absolute atomic E-state index is 0.318. The molecule has 0 saturated carbocycles. The lowest BCUT2D eigenvalue weighted by Gasteiger charge is -2.24. The predicted octanol–water partition coefficient (Wildman–Crippen LogP) is 3.99. The molecule has 1 saturated heterocycles. The monoisotopic (exact) mass is 403 g/mol. The number of rotatable bonds is 7. The van der Waals surface area contributed by atoms with E-state index in [-0.39, 0.29) is 6.04 Å². The maximum atomic E-state index is 13.1. The summed E-state index contributed by atoms with van der Waals surface area (Å²) < 4.78 is 33.4. The number of benzene rings is 2. The molecule has 0 aromatic heterocycles. The van der Waals surface area contributed by atoms with Gasteiger partial charge < -0.3 is 4.74 Å². The minimum atomic E-state index is -3.57. The molecule has 0 unspecified atom stereocenters. The number of sulfonamides is 1. The van der Waals surface area contributed by atoms with Crippen LogP contribution >= 0.6 is 12.2 Å². The molecular formula is C21H25NO3S2. The van der Waals surface area contributed by atoms with Crippen molar-refractivity contribution in [1.82, 2.24) is 4.31 Å². The highest BCUT2D eigenvalue weighted by molar-refractivity contribution is 7.89. The first kappa shape index (κ1) is 20.0. The van der Waals surface area contributed by atoms with Crippen LogP contribution < -0.4 is 0 Å². The lowest BCUT2D eigenvalue weighted by Crippen LogP contribution is -2.40. The second-order valence-electron chi connectivity index (χ2n) is 6.67. The third-order valence-electron chi connectivity index (χ3n) is 4.89. The van der Waals surface area contributed by atoms with Gasteiger partial charge in [0.1, 0.15) is 0 Å². The molecular weight excluding hydrogens is 378 g/mol. The summed E-state index contributed by atoms with van der Waals surface area (Å²) in [5.41, 5.74) is 2.29. The largest absolute Gasteiger partial charge is 0.485 e. The smallest absolute Gasteiger partial charge is 0.243 e. The zero-order chi connectivity index (χ0) is 19.3. The van der Waals surface area contributed by atoms with Crippen LogP contribution in [0.15, 0.2) is 59.5 Å². The Hall–Kier alpha value is -1.76. The first-order valence-electron chi connectivity index (χ1n) is 9.33. The molecule has 1 aliphatic rings. The second kappa shape index (κ2) is 8.95. The lowest BCUT2D eigenvalue weighted by molar-refractivity contribution is 0.285. The van der Waals surface area contributed by atoms with Crippen LogP contribution in [0.1, 0.15) is 30.9 Å². The Bertz CT molecular complexity index is 864. The second-order valence-corrected chi connectivity index (χ2v) is 8.97. The van der Waals surface area contributed by atoms with E-state index < -0.39 is 10.0 Å². The van der Waals surface area contributed by atoms with E-state index in [4.69, 9.17) is 17.0 Å². The molecule has 1 heterocycles. The molecule has 0 radical (unpaired) electrons. The van der Waals surface area contributed by atoms with E-state index in [1.54, 1.807) is 12.1 Å². The Morgan fingerprint density at radius 3 is 2.48 bits per heavy atom. The first-order chi connectivity index (χ1) is 13.0. The molecule has 2 aromatic carbocycles. The van der Waals surface area contributed by atoms with Crippen LogP contribution in [-0.2, 0) is 27.6 Å². The highest BCUT2D eigenvalue weighted by Gasteiger charge is 2.38. The van der Waals surface area contributed by atoms with E-state index >= 15 is 0 Å². The number of nitrogens with zero attached hydrogens (tertiary/aromatic N) is 1. The van der Waals surface area contributed by atoms with E-state index in [0.29, 0.717) is 29.5 Å². The SMILES string of the molecule is CCc1ccc(S(=O)(=O)N2CCC[C@H]2C(=S)OCCc2ccccc2)cc1. The van der Waals surface area contributed by atoms with Crippen LogP contribution in [0.5, 0.6) is 0 Å². The number of hydrogen-bond acceptors (Lipinski definition) is 4. The van der Waals surface area contributed by atoms with Gasteiger partial charge in [0.25, 0.3) is 0 Å². The van der Waals surface area contributed by atoms with E-state index in [2.05, 4.69) is 0 Å². The Morgan fingerprint density at radius 2 is 1.81 bits per heavy atom. The predicted molar refractivity (Wildman–Crippen MR) is 111 cm³/mol. The maximum Gasteiger partial charge on any atom is 0.243 e. The van der Waals surface area contributed by atoms with Crippen LogP contribution in [-0.4, -0.2) is 37.0 Å². The Kier molecular flexibility index (Phi) is 6.63. The molecule has 0 amide bonds. The summed E-state index contributed by atoms with van der Waals surface area (Å²) in [5, 5.41) is 0.372. The fourth-order valence-corrected chi connectivity index (χ4v) is 5.36. The number of aryl methyl sites for hydroxylation is 1. The van der Waals surface area contributed by atoms with Crippen LogP contribution in [0, 0.1) is 0 Å². The molecule has 0 aliphatic carbocycles. The summed E-state index contributed by atoms with van der Waals surface area (Å²) in [5.74, 6) is 0. The van der Waals surface area contributed by atoms with Crippen molar-refractivity contribution in [3.05, 3.63) is 65.7 Å². The normalized spacial score (nSPS) is 17.7. The average molecular weight is 404 g/mol. The molecule has 2 aromatic rings.